The van der Waals surface area contributed by atoms with Gasteiger partial charge < -0.3 is 15.3 Å². The maximum atomic E-state index is 11.6. The van der Waals surface area contributed by atoms with E-state index in [-0.39, 0.29) is 24.8 Å². The molecule has 0 aliphatic rings. The Balaban J connectivity index is 4.19. The van der Waals surface area contributed by atoms with Crippen molar-refractivity contribution in [2.24, 2.45) is 5.92 Å². The van der Waals surface area contributed by atoms with Crippen molar-refractivity contribution in [3.63, 3.8) is 0 Å². The lowest BCUT2D eigenvalue weighted by molar-refractivity contribution is -0.138. The molecule has 0 aromatic heterocycles. The number of nitrogens with one attached hydrogen (secondary N) is 2. The number of carboxylic acid groups (broad SMARTS) is 1. The van der Waals surface area contributed by atoms with E-state index in [0.717, 1.165) is 0 Å². The van der Waals surface area contributed by atoms with Crippen molar-refractivity contribution in [1.82, 2.24) is 15.5 Å². The fraction of sp³-hybridized carbons (Fsp3) is 0.750. The molecule has 0 heterocycles. The Bertz CT molecular complexity index is 329. The third kappa shape index (κ3) is 9.01. The zero-order chi connectivity index (χ0) is 15.0. The summed E-state index contributed by atoms with van der Waals surface area (Å²) in [4.78, 5) is 35.1. The molecule has 1 unspecified atom stereocenters. The van der Waals surface area contributed by atoms with Gasteiger partial charge in [-0.1, -0.05) is 13.8 Å². The van der Waals surface area contributed by atoms with Crippen LogP contribution >= 0.6 is 0 Å². The second-order valence-electron chi connectivity index (χ2n) is 5.03. The molecule has 7 heteroatoms. The van der Waals surface area contributed by atoms with Crippen molar-refractivity contribution in [3.8, 4) is 0 Å². The van der Waals surface area contributed by atoms with E-state index < -0.39 is 17.9 Å². The maximum absolute atomic E-state index is 11.6. The second-order valence-corrected chi connectivity index (χ2v) is 5.03. The number of nitrogens with zero attached hydrogens (tertiary/aromatic N) is 1. The van der Waals surface area contributed by atoms with Gasteiger partial charge in [0.15, 0.2) is 0 Å². The van der Waals surface area contributed by atoms with E-state index in [2.05, 4.69) is 10.6 Å². The number of carbonyl (C=O) groups is 3. The summed E-state index contributed by atoms with van der Waals surface area (Å²) in [5.41, 5.74) is 0. The largest absolute Gasteiger partial charge is 0.481 e. The minimum Gasteiger partial charge on any atom is -0.481 e. The van der Waals surface area contributed by atoms with E-state index in [0.29, 0.717) is 6.54 Å². The zero-order valence-corrected chi connectivity index (χ0v) is 11.9. The summed E-state index contributed by atoms with van der Waals surface area (Å²) >= 11 is 0. The molecular formula is C12H23N3O4. The summed E-state index contributed by atoms with van der Waals surface area (Å²) < 4.78 is 0. The number of likely N-dealkylation sites (N-methyl/N-ethyl adjacent to an activating group) is 1. The predicted molar refractivity (Wildman–Crippen MR) is 70.7 cm³/mol. The van der Waals surface area contributed by atoms with E-state index in [1.807, 2.05) is 32.8 Å². The molecule has 19 heavy (non-hydrogen) atoms. The number of carboxylic acids is 1. The van der Waals surface area contributed by atoms with Gasteiger partial charge in [-0.15, -0.1) is 0 Å². The Morgan fingerprint density at radius 1 is 1.16 bits per heavy atom. The number of amides is 3. The summed E-state index contributed by atoms with van der Waals surface area (Å²) in [5.74, 6) is -1.43. The molecule has 0 saturated carbocycles. The molecule has 3 amide bonds. The highest BCUT2D eigenvalue weighted by Crippen LogP contribution is 2.02. The molecule has 0 fully saturated rings. The number of aliphatic carboxylic acids is 1. The predicted octanol–water partition coefficient (Wildman–Crippen LogP) is 0.263. The SMILES string of the molecule is CC(C)C(CN(C)C)NC(=O)NC(=O)CCC(=O)O. The van der Waals surface area contributed by atoms with E-state index >= 15 is 0 Å². The molecule has 0 spiro atoms. The third-order valence-corrected chi connectivity index (χ3v) is 2.50. The summed E-state index contributed by atoms with van der Waals surface area (Å²) in [6, 6.07) is -0.668. The lowest BCUT2D eigenvalue weighted by Crippen LogP contribution is -2.50. The number of hydrogen-bond donors (Lipinski definition) is 3. The second kappa shape index (κ2) is 8.47. The van der Waals surface area contributed by atoms with Crippen LogP contribution in [-0.2, 0) is 9.59 Å². The molecule has 0 bridgehead atoms. The van der Waals surface area contributed by atoms with Crippen LogP contribution in [0.2, 0.25) is 0 Å². The van der Waals surface area contributed by atoms with Gasteiger partial charge in [-0.3, -0.25) is 14.9 Å². The summed E-state index contributed by atoms with van der Waals surface area (Å²) in [7, 11) is 3.79. The fourth-order valence-corrected chi connectivity index (χ4v) is 1.43. The Morgan fingerprint density at radius 2 is 1.74 bits per heavy atom. The minimum atomic E-state index is -1.07. The molecular weight excluding hydrogens is 250 g/mol. The van der Waals surface area contributed by atoms with E-state index in [1.54, 1.807) is 0 Å². The Hall–Kier alpha value is -1.63. The van der Waals surface area contributed by atoms with Gasteiger partial charge in [0, 0.05) is 19.0 Å². The zero-order valence-electron chi connectivity index (χ0n) is 11.9. The van der Waals surface area contributed by atoms with Crippen LogP contribution in [-0.4, -0.2) is 54.6 Å². The van der Waals surface area contributed by atoms with Crippen molar-refractivity contribution in [1.29, 1.82) is 0 Å². The molecule has 7 nitrogen and oxygen atoms in total. The average Bonchev–Trinajstić information content (AvgIpc) is 2.24. The summed E-state index contributed by atoms with van der Waals surface area (Å²) in [6.45, 7) is 4.61. The topological polar surface area (TPSA) is 98.7 Å². The highest BCUT2D eigenvalue weighted by molar-refractivity contribution is 5.95. The maximum Gasteiger partial charge on any atom is 0.321 e. The minimum absolute atomic E-state index is 0.0812. The number of imide groups is 1. The number of rotatable bonds is 7. The average molecular weight is 273 g/mol. The Labute approximate surface area is 113 Å². The van der Waals surface area contributed by atoms with Crippen LogP contribution in [0.4, 0.5) is 4.79 Å². The molecule has 110 valence electrons. The molecule has 0 aliphatic heterocycles. The number of hydrogen-bond acceptors (Lipinski definition) is 4. The van der Waals surface area contributed by atoms with Crippen LogP contribution in [0, 0.1) is 5.92 Å². The van der Waals surface area contributed by atoms with Crippen LogP contribution in [0.1, 0.15) is 26.7 Å². The first-order chi connectivity index (χ1) is 8.72. The van der Waals surface area contributed by atoms with Crippen LogP contribution in [0.3, 0.4) is 0 Å². The summed E-state index contributed by atoms with van der Waals surface area (Å²) in [6.07, 6.45) is -0.493. The normalized spacial score (nSPS) is 12.3. The fourth-order valence-electron chi connectivity index (χ4n) is 1.43. The number of urea groups is 1. The van der Waals surface area contributed by atoms with Crippen molar-refractivity contribution in [3.05, 3.63) is 0 Å². The lowest BCUT2D eigenvalue weighted by atomic mass is 10.0. The van der Waals surface area contributed by atoms with Gasteiger partial charge in [0.05, 0.1) is 6.42 Å². The van der Waals surface area contributed by atoms with Crippen LogP contribution in [0.15, 0.2) is 0 Å². The monoisotopic (exact) mass is 273 g/mol. The van der Waals surface area contributed by atoms with Gasteiger partial charge >= 0.3 is 12.0 Å². The molecule has 0 radical (unpaired) electrons. The van der Waals surface area contributed by atoms with Crippen LogP contribution in [0.25, 0.3) is 0 Å². The van der Waals surface area contributed by atoms with E-state index in [1.165, 1.54) is 0 Å². The lowest BCUT2D eigenvalue weighted by Gasteiger charge is -2.25. The molecule has 1 atom stereocenters. The van der Waals surface area contributed by atoms with Gasteiger partial charge in [0.25, 0.3) is 0 Å². The van der Waals surface area contributed by atoms with Crippen LogP contribution < -0.4 is 10.6 Å². The van der Waals surface area contributed by atoms with Crippen molar-refractivity contribution >= 4 is 17.9 Å². The number of carbonyl (C=O) groups excluding carboxylic acids is 2. The quantitative estimate of drug-likeness (QED) is 0.618. The Morgan fingerprint density at radius 3 is 2.16 bits per heavy atom. The molecule has 0 aromatic rings. The standard InChI is InChI=1S/C12H23N3O4/c1-8(2)9(7-15(3)4)13-12(19)14-10(16)5-6-11(17)18/h8-9H,5-7H2,1-4H3,(H,17,18)(H2,13,14,16,19). The first-order valence-corrected chi connectivity index (χ1v) is 6.19. The van der Waals surface area contributed by atoms with Crippen molar-refractivity contribution in [2.45, 2.75) is 32.7 Å². The molecule has 0 aromatic carbocycles. The Kier molecular flexibility index (Phi) is 7.74. The smallest absolute Gasteiger partial charge is 0.321 e. The van der Waals surface area contributed by atoms with E-state index in [4.69, 9.17) is 5.11 Å². The highest BCUT2D eigenvalue weighted by Gasteiger charge is 2.18. The first kappa shape index (κ1) is 17.4. The summed E-state index contributed by atoms with van der Waals surface area (Å²) in [5, 5.41) is 13.3. The van der Waals surface area contributed by atoms with Crippen molar-refractivity contribution in [2.75, 3.05) is 20.6 Å². The highest BCUT2D eigenvalue weighted by atomic mass is 16.4. The van der Waals surface area contributed by atoms with Crippen LogP contribution in [0.5, 0.6) is 0 Å². The molecule has 3 N–H and O–H groups in total. The molecule has 0 rings (SSSR count). The van der Waals surface area contributed by atoms with E-state index in [9.17, 15) is 14.4 Å². The first-order valence-electron chi connectivity index (χ1n) is 6.19. The van der Waals surface area contributed by atoms with Gasteiger partial charge in [-0.25, -0.2) is 4.79 Å². The van der Waals surface area contributed by atoms with Gasteiger partial charge in [0.1, 0.15) is 0 Å². The van der Waals surface area contributed by atoms with Gasteiger partial charge in [-0.2, -0.15) is 0 Å². The van der Waals surface area contributed by atoms with Gasteiger partial charge in [-0.05, 0) is 20.0 Å². The third-order valence-electron chi connectivity index (χ3n) is 2.50. The van der Waals surface area contributed by atoms with Gasteiger partial charge in [0.2, 0.25) is 5.91 Å². The molecule has 0 aliphatic carbocycles. The molecule has 0 saturated heterocycles. The van der Waals surface area contributed by atoms with Crippen molar-refractivity contribution < 1.29 is 19.5 Å².